The van der Waals surface area contributed by atoms with Crippen molar-refractivity contribution in [1.82, 2.24) is 10.0 Å². The van der Waals surface area contributed by atoms with Crippen molar-refractivity contribution in [3.63, 3.8) is 0 Å². The van der Waals surface area contributed by atoms with Crippen LogP contribution in [0.25, 0.3) is 0 Å². The minimum atomic E-state index is -0.383. The number of rotatable bonds is 9. The third-order valence-corrected chi connectivity index (χ3v) is 5.28. The largest absolute Gasteiger partial charge is 0.353 e. The maximum Gasteiger partial charge on any atom is 0.296 e. The number of hydrogen-bond acceptors (Lipinski definition) is 5. The molecule has 0 radical (unpaired) electrons. The van der Waals surface area contributed by atoms with E-state index < -0.39 is 0 Å². The average molecular weight is 451 g/mol. The number of benzene rings is 2. The van der Waals surface area contributed by atoms with Crippen LogP contribution < -0.4 is 0 Å². The molecule has 33 heavy (non-hydrogen) atoms. The quantitative estimate of drug-likeness (QED) is 0.428. The second-order valence-corrected chi connectivity index (χ2v) is 7.85. The molecule has 172 valence electrons. The molecule has 1 aliphatic rings. The summed E-state index contributed by atoms with van der Waals surface area (Å²) in [6.45, 7) is 1.34. The van der Waals surface area contributed by atoms with Gasteiger partial charge in [-0.15, -0.1) is 0 Å². The van der Waals surface area contributed by atoms with E-state index >= 15 is 0 Å². The fraction of sp³-hybridized carbons (Fsp3) is 0.308. The Hall–Kier alpha value is -3.13. The highest BCUT2D eigenvalue weighted by molar-refractivity contribution is 5.91. The van der Waals surface area contributed by atoms with Gasteiger partial charge < -0.3 is 9.47 Å². The molecule has 4 rings (SSSR count). The molecule has 3 aromatic rings. The molecule has 0 spiro atoms. The van der Waals surface area contributed by atoms with Crippen LogP contribution in [0.3, 0.4) is 0 Å². The summed E-state index contributed by atoms with van der Waals surface area (Å²) >= 11 is 0. The van der Waals surface area contributed by atoms with Gasteiger partial charge in [0.1, 0.15) is 18.1 Å². The van der Waals surface area contributed by atoms with Crippen molar-refractivity contribution < 1.29 is 23.5 Å². The van der Waals surface area contributed by atoms with Gasteiger partial charge in [-0.05, 0) is 54.7 Å². The van der Waals surface area contributed by atoms with Crippen LogP contribution in [0.2, 0.25) is 0 Å². The van der Waals surface area contributed by atoms with Crippen molar-refractivity contribution in [2.24, 2.45) is 0 Å². The number of carbonyl (C=O) groups excluding carboxylic acids is 1. The third-order valence-electron chi connectivity index (χ3n) is 5.28. The Morgan fingerprint density at radius 3 is 2.55 bits per heavy atom. The predicted molar refractivity (Wildman–Crippen MR) is 120 cm³/mol. The van der Waals surface area contributed by atoms with E-state index in [1.807, 2.05) is 36.4 Å². The maximum atomic E-state index is 13.3. The number of pyridine rings is 1. The third kappa shape index (κ3) is 6.92. The van der Waals surface area contributed by atoms with E-state index in [0.717, 1.165) is 30.4 Å². The van der Waals surface area contributed by atoms with Gasteiger partial charge in [-0.25, -0.2) is 14.4 Å². The summed E-state index contributed by atoms with van der Waals surface area (Å²) < 4.78 is 24.7. The Morgan fingerprint density at radius 2 is 1.79 bits per heavy atom. The summed E-state index contributed by atoms with van der Waals surface area (Å²) in [7, 11) is 0. The van der Waals surface area contributed by atoms with Crippen LogP contribution in [0.5, 0.6) is 0 Å². The highest BCUT2D eigenvalue weighted by Gasteiger charge is 2.20. The highest BCUT2D eigenvalue weighted by atomic mass is 19.1. The molecule has 1 atom stereocenters. The molecule has 1 aromatic heterocycles. The van der Waals surface area contributed by atoms with E-state index in [4.69, 9.17) is 14.3 Å². The molecule has 1 aliphatic heterocycles. The molecule has 6 nitrogen and oxygen atoms in total. The van der Waals surface area contributed by atoms with E-state index in [2.05, 4.69) is 4.98 Å². The first-order valence-electron chi connectivity index (χ1n) is 11.1. The Bertz CT molecular complexity index is 1020. The summed E-state index contributed by atoms with van der Waals surface area (Å²) in [6.07, 6.45) is 2.75. The molecule has 2 heterocycles. The lowest BCUT2D eigenvalue weighted by atomic mass is 10.2. The van der Waals surface area contributed by atoms with Crippen LogP contribution in [0.1, 0.15) is 46.6 Å². The lowest BCUT2D eigenvalue weighted by Crippen LogP contribution is -2.31. The number of nitrogens with zero attached hydrogens (tertiary/aromatic N) is 2. The van der Waals surface area contributed by atoms with Crippen LogP contribution >= 0.6 is 0 Å². The zero-order valence-corrected chi connectivity index (χ0v) is 18.4. The standard InChI is InChI=1S/C26H27FN2O4/c27-22-14-12-20(13-15-22)17-29(33-18-21-7-2-1-3-8-21)26(30)24-10-6-9-23(28-24)19-32-25-11-4-5-16-31-25/h1-3,6-10,12-15,25H,4-5,11,16-19H2. The Balaban J connectivity index is 1.46. The molecule has 0 saturated carbocycles. The monoisotopic (exact) mass is 450 g/mol. The molecule has 1 saturated heterocycles. The van der Waals surface area contributed by atoms with Gasteiger partial charge in [-0.3, -0.25) is 9.63 Å². The van der Waals surface area contributed by atoms with Crippen molar-refractivity contribution in [2.45, 2.75) is 45.3 Å². The molecule has 1 amide bonds. The van der Waals surface area contributed by atoms with E-state index in [1.165, 1.54) is 17.2 Å². The van der Waals surface area contributed by atoms with Gasteiger partial charge in [-0.1, -0.05) is 48.5 Å². The molecule has 0 aliphatic carbocycles. The van der Waals surface area contributed by atoms with E-state index in [-0.39, 0.29) is 43.5 Å². The van der Waals surface area contributed by atoms with Crippen molar-refractivity contribution in [1.29, 1.82) is 0 Å². The molecular weight excluding hydrogens is 423 g/mol. The van der Waals surface area contributed by atoms with Crippen LogP contribution in [-0.2, 0) is 34.1 Å². The average Bonchev–Trinajstić information content (AvgIpc) is 2.87. The Morgan fingerprint density at radius 1 is 0.970 bits per heavy atom. The second kappa shape index (κ2) is 11.7. The fourth-order valence-electron chi connectivity index (χ4n) is 3.49. The van der Waals surface area contributed by atoms with Crippen molar-refractivity contribution in [3.05, 3.63) is 101 Å². The summed E-state index contributed by atoms with van der Waals surface area (Å²) in [5, 5.41) is 1.26. The summed E-state index contributed by atoms with van der Waals surface area (Å²) in [6, 6.07) is 20.8. The predicted octanol–water partition coefficient (Wildman–Crippen LogP) is 5.04. The van der Waals surface area contributed by atoms with Gasteiger partial charge in [0.05, 0.1) is 18.8 Å². The second-order valence-electron chi connectivity index (χ2n) is 7.85. The molecule has 0 N–H and O–H groups in total. The minimum absolute atomic E-state index is 0.157. The van der Waals surface area contributed by atoms with Crippen molar-refractivity contribution in [3.8, 4) is 0 Å². The van der Waals surface area contributed by atoms with Crippen LogP contribution in [-0.4, -0.2) is 28.9 Å². The molecular formula is C26H27FN2O4. The fourth-order valence-corrected chi connectivity index (χ4v) is 3.49. The molecule has 2 aromatic carbocycles. The van der Waals surface area contributed by atoms with Gasteiger partial charge in [0.15, 0.2) is 6.29 Å². The summed E-state index contributed by atoms with van der Waals surface area (Å²) in [5.74, 6) is -0.718. The van der Waals surface area contributed by atoms with Gasteiger partial charge in [0.2, 0.25) is 0 Å². The van der Waals surface area contributed by atoms with E-state index in [9.17, 15) is 9.18 Å². The van der Waals surface area contributed by atoms with Crippen LogP contribution in [0.4, 0.5) is 4.39 Å². The van der Waals surface area contributed by atoms with Crippen molar-refractivity contribution >= 4 is 5.91 Å². The molecule has 1 fully saturated rings. The number of halogens is 1. The van der Waals surface area contributed by atoms with E-state index in [0.29, 0.717) is 12.3 Å². The summed E-state index contributed by atoms with van der Waals surface area (Å²) in [5.41, 5.74) is 2.55. The van der Waals surface area contributed by atoms with E-state index in [1.54, 1.807) is 24.3 Å². The lowest BCUT2D eigenvalue weighted by Gasteiger charge is -2.23. The van der Waals surface area contributed by atoms with Crippen molar-refractivity contribution in [2.75, 3.05) is 6.61 Å². The Kier molecular flexibility index (Phi) is 8.14. The molecule has 1 unspecified atom stereocenters. The molecule has 0 bridgehead atoms. The number of aromatic nitrogens is 1. The first-order chi connectivity index (χ1) is 16.2. The van der Waals surface area contributed by atoms with Gasteiger partial charge in [0.25, 0.3) is 5.91 Å². The molecule has 7 heteroatoms. The zero-order valence-electron chi connectivity index (χ0n) is 18.4. The Labute approximate surface area is 192 Å². The maximum absolute atomic E-state index is 13.3. The SMILES string of the molecule is O=C(c1cccc(COC2CCCCO2)n1)N(Cc1ccc(F)cc1)OCc1ccccc1. The highest BCUT2D eigenvalue weighted by Crippen LogP contribution is 2.17. The van der Waals surface area contributed by atoms with Gasteiger partial charge >= 0.3 is 0 Å². The number of hydrogen-bond donors (Lipinski definition) is 0. The normalized spacial score (nSPS) is 15.8. The van der Waals surface area contributed by atoms with Gasteiger partial charge in [-0.2, -0.15) is 0 Å². The smallest absolute Gasteiger partial charge is 0.296 e. The number of hydroxylamine groups is 2. The minimum Gasteiger partial charge on any atom is -0.353 e. The zero-order chi connectivity index (χ0) is 22.9. The first kappa shape index (κ1) is 23.0. The number of carbonyl (C=O) groups is 1. The summed E-state index contributed by atoms with van der Waals surface area (Å²) in [4.78, 5) is 23.6. The van der Waals surface area contributed by atoms with Gasteiger partial charge in [0, 0.05) is 6.61 Å². The van der Waals surface area contributed by atoms with Crippen LogP contribution in [0.15, 0.2) is 72.8 Å². The lowest BCUT2D eigenvalue weighted by molar-refractivity contribution is -0.169. The first-order valence-corrected chi connectivity index (χ1v) is 11.1. The number of amides is 1. The topological polar surface area (TPSA) is 60.9 Å². The van der Waals surface area contributed by atoms with Crippen LogP contribution in [0, 0.1) is 5.82 Å². The number of ether oxygens (including phenoxy) is 2.